The molecule has 2 N–H and O–H groups in total. The number of thiocarbonyl (C=S) groups is 1. The van der Waals surface area contributed by atoms with E-state index in [1.165, 1.54) is 21.5 Å². The Bertz CT molecular complexity index is 910. The smallest absolute Gasteiger partial charge is 0.187 e. The fraction of sp³-hybridized carbons (Fsp3) is 0.238. The predicted octanol–water partition coefficient (Wildman–Crippen LogP) is 3.97. The molecule has 1 atom stereocenters. The number of hydrogen-bond donors (Lipinski definition) is 2. The summed E-state index contributed by atoms with van der Waals surface area (Å²) in [6, 6.07) is 18.9. The summed E-state index contributed by atoms with van der Waals surface area (Å²) in [6.45, 7) is 1.57. The lowest BCUT2D eigenvalue weighted by Crippen LogP contribution is -2.37. The molecule has 0 aliphatic carbocycles. The Morgan fingerprint density at radius 2 is 1.81 bits per heavy atom. The molecule has 0 spiro atoms. The molecule has 0 amide bonds. The molecule has 0 saturated carbocycles. The molecule has 1 aliphatic rings. The SMILES string of the molecule is S=C(NCC1CCCO1)N/N=C/c1c2ccccc2cc2ccccc12. The molecule has 132 valence electrons. The number of fused-ring (bicyclic) bond motifs is 2. The van der Waals surface area contributed by atoms with Crippen LogP contribution in [0.5, 0.6) is 0 Å². The molecule has 1 heterocycles. The number of ether oxygens (including phenoxy) is 1. The van der Waals surface area contributed by atoms with Crippen LogP contribution in [0.2, 0.25) is 0 Å². The van der Waals surface area contributed by atoms with Gasteiger partial charge >= 0.3 is 0 Å². The van der Waals surface area contributed by atoms with E-state index in [-0.39, 0.29) is 6.10 Å². The van der Waals surface area contributed by atoms with E-state index in [0.29, 0.717) is 5.11 Å². The summed E-state index contributed by atoms with van der Waals surface area (Å²) in [5, 5.41) is 12.8. The maximum absolute atomic E-state index is 5.59. The van der Waals surface area contributed by atoms with Gasteiger partial charge in [-0.15, -0.1) is 0 Å². The molecule has 0 bridgehead atoms. The molecule has 3 aromatic carbocycles. The van der Waals surface area contributed by atoms with Crippen LogP contribution in [-0.4, -0.2) is 30.6 Å². The highest BCUT2D eigenvalue weighted by Crippen LogP contribution is 2.27. The Kier molecular flexibility index (Phi) is 5.09. The first-order valence-electron chi connectivity index (χ1n) is 8.90. The van der Waals surface area contributed by atoms with Gasteiger partial charge in [0.05, 0.1) is 12.3 Å². The third-order valence-corrected chi connectivity index (χ3v) is 4.92. The zero-order chi connectivity index (χ0) is 17.8. The van der Waals surface area contributed by atoms with Crippen molar-refractivity contribution in [3.05, 3.63) is 60.2 Å². The van der Waals surface area contributed by atoms with Crippen LogP contribution in [0.15, 0.2) is 59.7 Å². The van der Waals surface area contributed by atoms with E-state index in [4.69, 9.17) is 17.0 Å². The lowest BCUT2D eigenvalue weighted by Gasteiger charge is -2.12. The third kappa shape index (κ3) is 3.69. The molecule has 26 heavy (non-hydrogen) atoms. The van der Waals surface area contributed by atoms with E-state index in [1.807, 2.05) is 6.21 Å². The zero-order valence-electron chi connectivity index (χ0n) is 14.4. The van der Waals surface area contributed by atoms with Gasteiger partial charge < -0.3 is 10.1 Å². The highest BCUT2D eigenvalue weighted by Gasteiger charge is 2.15. The maximum Gasteiger partial charge on any atom is 0.187 e. The van der Waals surface area contributed by atoms with Gasteiger partial charge in [-0.05, 0) is 52.7 Å². The molecule has 0 radical (unpaired) electrons. The van der Waals surface area contributed by atoms with E-state index >= 15 is 0 Å². The number of hydrogen-bond acceptors (Lipinski definition) is 3. The average molecular weight is 363 g/mol. The van der Waals surface area contributed by atoms with E-state index in [1.54, 1.807) is 0 Å². The van der Waals surface area contributed by atoms with Crippen LogP contribution < -0.4 is 10.7 Å². The third-order valence-electron chi connectivity index (χ3n) is 4.69. The first kappa shape index (κ1) is 16.9. The van der Waals surface area contributed by atoms with Gasteiger partial charge in [0.15, 0.2) is 5.11 Å². The lowest BCUT2D eigenvalue weighted by atomic mass is 9.97. The summed E-state index contributed by atoms with van der Waals surface area (Å²) < 4.78 is 5.59. The minimum absolute atomic E-state index is 0.251. The van der Waals surface area contributed by atoms with Crippen molar-refractivity contribution in [2.45, 2.75) is 18.9 Å². The fourth-order valence-electron chi connectivity index (χ4n) is 3.39. The standard InChI is InChI=1S/C21H21N3OS/c26-21(22-13-17-8-5-11-25-17)24-23-14-20-18-9-3-1-6-15(18)12-16-7-2-4-10-19(16)20/h1-4,6-7,9-10,12,14,17H,5,8,11,13H2,(H2,22,24,26)/b23-14+. The van der Waals surface area contributed by atoms with Crippen LogP contribution in [0.4, 0.5) is 0 Å². The van der Waals surface area contributed by atoms with E-state index in [2.05, 4.69) is 70.4 Å². The Morgan fingerprint density at radius 3 is 2.46 bits per heavy atom. The van der Waals surface area contributed by atoms with Crippen molar-refractivity contribution >= 4 is 45.1 Å². The van der Waals surface area contributed by atoms with Gasteiger partial charge in [-0.3, -0.25) is 5.43 Å². The van der Waals surface area contributed by atoms with Gasteiger partial charge in [0.1, 0.15) is 0 Å². The molecule has 1 saturated heterocycles. The Hall–Kier alpha value is -2.50. The minimum atomic E-state index is 0.251. The second kappa shape index (κ2) is 7.81. The van der Waals surface area contributed by atoms with Crippen molar-refractivity contribution in [2.24, 2.45) is 5.10 Å². The van der Waals surface area contributed by atoms with Crippen LogP contribution in [0.25, 0.3) is 21.5 Å². The Morgan fingerprint density at radius 1 is 1.12 bits per heavy atom. The molecule has 3 aromatic rings. The monoisotopic (exact) mass is 363 g/mol. The molecule has 0 aromatic heterocycles. The van der Waals surface area contributed by atoms with Crippen LogP contribution in [0, 0.1) is 0 Å². The van der Waals surface area contributed by atoms with E-state index in [9.17, 15) is 0 Å². The average Bonchev–Trinajstić information content (AvgIpc) is 3.19. The molecule has 1 fully saturated rings. The van der Waals surface area contributed by atoms with Gasteiger partial charge in [0.2, 0.25) is 0 Å². The van der Waals surface area contributed by atoms with E-state index < -0.39 is 0 Å². The van der Waals surface area contributed by atoms with Gasteiger partial charge in [-0.2, -0.15) is 5.10 Å². The molecule has 1 unspecified atom stereocenters. The first-order valence-corrected chi connectivity index (χ1v) is 9.31. The second-order valence-electron chi connectivity index (χ2n) is 6.45. The summed E-state index contributed by atoms with van der Waals surface area (Å²) in [5.41, 5.74) is 4.01. The van der Waals surface area contributed by atoms with Crippen molar-refractivity contribution in [3.8, 4) is 0 Å². The zero-order valence-corrected chi connectivity index (χ0v) is 15.3. The first-order chi connectivity index (χ1) is 12.8. The maximum atomic E-state index is 5.59. The molecule has 4 rings (SSSR count). The molecule has 4 nitrogen and oxygen atoms in total. The summed E-state index contributed by atoms with van der Waals surface area (Å²) >= 11 is 5.30. The summed E-state index contributed by atoms with van der Waals surface area (Å²) in [7, 11) is 0. The van der Waals surface area contributed by atoms with Crippen molar-refractivity contribution in [3.63, 3.8) is 0 Å². The van der Waals surface area contributed by atoms with Crippen LogP contribution in [0.3, 0.4) is 0 Å². The highest BCUT2D eigenvalue weighted by atomic mass is 32.1. The van der Waals surface area contributed by atoms with Crippen molar-refractivity contribution in [2.75, 3.05) is 13.2 Å². The topological polar surface area (TPSA) is 45.6 Å². The molecular weight excluding hydrogens is 342 g/mol. The summed E-state index contributed by atoms with van der Waals surface area (Å²) in [6.07, 6.45) is 4.31. The Labute approximate surface area is 158 Å². The summed E-state index contributed by atoms with van der Waals surface area (Å²) in [5.74, 6) is 0. The van der Waals surface area contributed by atoms with Crippen LogP contribution in [-0.2, 0) is 4.74 Å². The van der Waals surface area contributed by atoms with Crippen molar-refractivity contribution in [1.82, 2.24) is 10.7 Å². The Balaban J connectivity index is 1.53. The summed E-state index contributed by atoms with van der Waals surface area (Å²) in [4.78, 5) is 0. The number of rotatable bonds is 4. The predicted molar refractivity (Wildman–Crippen MR) is 112 cm³/mol. The normalized spacial score (nSPS) is 17.2. The number of hydrazone groups is 1. The van der Waals surface area contributed by atoms with E-state index in [0.717, 1.165) is 31.6 Å². The molecule has 5 heteroatoms. The van der Waals surface area contributed by atoms with Gasteiger partial charge in [-0.25, -0.2) is 0 Å². The largest absolute Gasteiger partial charge is 0.376 e. The van der Waals surface area contributed by atoms with Crippen molar-refractivity contribution in [1.29, 1.82) is 0 Å². The number of nitrogens with one attached hydrogen (secondary N) is 2. The lowest BCUT2D eigenvalue weighted by molar-refractivity contribution is 0.114. The minimum Gasteiger partial charge on any atom is -0.376 e. The quantitative estimate of drug-likeness (QED) is 0.319. The van der Waals surface area contributed by atoms with Crippen LogP contribution >= 0.6 is 12.2 Å². The second-order valence-corrected chi connectivity index (χ2v) is 6.86. The van der Waals surface area contributed by atoms with Gasteiger partial charge in [0, 0.05) is 18.7 Å². The molecule has 1 aliphatic heterocycles. The van der Waals surface area contributed by atoms with Crippen molar-refractivity contribution < 1.29 is 4.74 Å². The number of nitrogens with zero attached hydrogens (tertiary/aromatic N) is 1. The van der Waals surface area contributed by atoms with Crippen LogP contribution in [0.1, 0.15) is 18.4 Å². The number of benzene rings is 3. The van der Waals surface area contributed by atoms with Gasteiger partial charge in [-0.1, -0.05) is 48.5 Å². The fourth-order valence-corrected chi connectivity index (χ4v) is 3.53. The highest BCUT2D eigenvalue weighted by molar-refractivity contribution is 7.80. The molecular formula is C21H21N3OS. The van der Waals surface area contributed by atoms with Gasteiger partial charge in [0.25, 0.3) is 0 Å².